The maximum Gasteiger partial charge on any atom is 0.0594 e. The molecule has 0 spiro atoms. The highest BCUT2D eigenvalue weighted by Gasteiger charge is 2.26. The molecule has 0 saturated heterocycles. The van der Waals surface area contributed by atoms with Gasteiger partial charge < -0.3 is 15.0 Å². The van der Waals surface area contributed by atoms with Crippen LogP contribution >= 0.6 is 0 Å². The van der Waals surface area contributed by atoms with Gasteiger partial charge in [0.15, 0.2) is 0 Å². The summed E-state index contributed by atoms with van der Waals surface area (Å²) in [5.74, 6) is 0. The second kappa shape index (κ2) is 8.13. The Bertz CT molecular complexity index is 207. The lowest BCUT2D eigenvalue weighted by Gasteiger charge is -2.34. The van der Waals surface area contributed by atoms with Gasteiger partial charge in [-0.2, -0.15) is 0 Å². The molecule has 0 aromatic heterocycles. The highest BCUT2D eigenvalue weighted by molar-refractivity contribution is 4.78. The summed E-state index contributed by atoms with van der Waals surface area (Å²) < 4.78 is 5.93. The van der Waals surface area contributed by atoms with Crippen LogP contribution < -0.4 is 5.32 Å². The van der Waals surface area contributed by atoms with Gasteiger partial charge in [-0.15, -0.1) is 0 Å². The fourth-order valence-corrected chi connectivity index (χ4v) is 2.48. The minimum absolute atomic E-state index is 0.515. The van der Waals surface area contributed by atoms with Crippen LogP contribution in [0.25, 0.3) is 0 Å². The van der Waals surface area contributed by atoms with Gasteiger partial charge in [0.05, 0.1) is 12.7 Å². The smallest absolute Gasteiger partial charge is 0.0594 e. The molecule has 1 aliphatic rings. The maximum atomic E-state index is 5.93. The molecule has 108 valence electrons. The summed E-state index contributed by atoms with van der Waals surface area (Å²) in [5, 5.41) is 3.44. The number of hydrogen-bond acceptors (Lipinski definition) is 3. The first-order chi connectivity index (χ1) is 8.49. The van der Waals surface area contributed by atoms with Crippen LogP contribution in [-0.4, -0.2) is 51.3 Å². The van der Waals surface area contributed by atoms with Gasteiger partial charge in [0.1, 0.15) is 0 Å². The van der Waals surface area contributed by atoms with Crippen molar-refractivity contribution >= 4 is 0 Å². The third kappa shape index (κ3) is 7.34. The second-order valence-electron chi connectivity index (χ2n) is 6.64. The molecule has 3 nitrogen and oxygen atoms in total. The molecule has 0 heterocycles. The fourth-order valence-electron chi connectivity index (χ4n) is 2.48. The molecule has 1 fully saturated rings. The van der Waals surface area contributed by atoms with Crippen LogP contribution in [0.4, 0.5) is 0 Å². The lowest BCUT2D eigenvalue weighted by molar-refractivity contribution is 0.00604. The Hall–Kier alpha value is -0.120. The van der Waals surface area contributed by atoms with Crippen LogP contribution in [0.1, 0.15) is 46.0 Å². The van der Waals surface area contributed by atoms with Crippen molar-refractivity contribution in [2.75, 3.05) is 40.3 Å². The van der Waals surface area contributed by atoms with Gasteiger partial charge in [0.2, 0.25) is 0 Å². The summed E-state index contributed by atoms with van der Waals surface area (Å²) >= 11 is 0. The molecule has 3 heteroatoms. The molecule has 0 bridgehead atoms. The molecule has 0 amide bonds. The van der Waals surface area contributed by atoms with Crippen molar-refractivity contribution in [2.24, 2.45) is 5.41 Å². The monoisotopic (exact) mass is 256 g/mol. The van der Waals surface area contributed by atoms with E-state index in [9.17, 15) is 0 Å². The summed E-state index contributed by atoms with van der Waals surface area (Å²) in [4.78, 5) is 2.22. The standard InChI is InChI=1S/C15H32N2O/c1-15(2)8-6-14(7-9-15)18-13-11-16-10-5-12-17(3)4/h14,16H,5-13H2,1-4H3. The lowest BCUT2D eigenvalue weighted by atomic mass is 9.76. The Morgan fingerprint density at radius 3 is 2.44 bits per heavy atom. The Kier molecular flexibility index (Phi) is 7.20. The summed E-state index contributed by atoms with van der Waals surface area (Å²) in [5.41, 5.74) is 0.546. The summed E-state index contributed by atoms with van der Waals surface area (Å²) in [7, 11) is 4.24. The third-order valence-electron chi connectivity index (χ3n) is 3.88. The quantitative estimate of drug-likeness (QED) is 0.675. The zero-order valence-corrected chi connectivity index (χ0v) is 12.8. The molecule has 1 aliphatic carbocycles. The minimum atomic E-state index is 0.515. The SMILES string of the molecule is CN(C)CCCNCCOC1CCC(C)(C)CC1. The first-order valence-corrected chi connectivity index (χ1v) is 7.47. The largest absolute Gasteiger partial charge is 0.377 e. The van der Waals surface area contributed by atoms with E-state index in [1.54, 1.807) is 0 Å². The highest BCUT2D eigenvalue weighted by Crippen LogP contribution is 2.35. The first kappa shape index (κ1) is 15.9. The molecular formula is C15H32N2O. The molecule has 1 saturated carbocycles. The number of nitrogens with zero attached hydrogens (tertiary/aromatic N) is 1. The molecule has 0 unspecified atom stereocenters. The van der Waals surface area contributed by atoms with Crippen molar-refractivity contribution < 1.29 is 4.74 Å². The van der Waals surface area contributed by atoms with Crippen LogP contribution in [0.2, 0.25) is 0 Å². The number of rotatable bonds is 8. The molecule has 1 N–H and O–H groups in total. The Morgan fingerprint density at radius 2 is 1.83 bits per heavy atom. The molecule has 0 aliphatic heterocycles. The third-order valence-corrected chi connectivity index (χ3v) is 3.88. The Balaban J connectivity index is 1.90. The van der Waals surface area contributed by atoms with E-state index in [4.69, 9.17) is 4.74 Å². The number of hydrogen-bond donors (Lipinski definition) is 1. The lowest BCUT2D eigenvalue weighted by Crippen LogP contribution is -2.30. The van der Waals surface area contributed by atoms with Crippen LogP contribution in [0.5, 0.6) is 0 Å². The van der Waals surface area contributed by atoms with Gasteiger partial charge in [0, 0.05) is 6.54 Å². The van der Waals surface area contributed by atoms with E-state index >= 15 is 0 Å². The van der Waals surface area contributed by atoms with Gasteiger partial charge in [-0.25, -0.2) is 0 Å². The topological polar surface area (TPSA) is 24.5 Å². The van der Waals surface area contributed by atoms with E-state index in [2.05, 4.69) is 38.2 Å². The molecular weight excluding hydrogens is 224 g/mol. The van der Waals surface area contributed by atoms with E-state index in [1.165, 1.54) is 32.1 Å². The van der Waals surface area contributed by atoms with Crippen LogP contribution in [0, 0.1) is 5.41 Å². The van der Waals surface area contributed by atoms with E-state index < -0.39 is 0 Å². The fraction of sp³-hybridized carbons (Fsp3) is 1.00. The van der Waals surface area contributed by atoms with Gasteiger partial charge >= 0.3 is 0 Å². The van der Waals surface area contributed by atoms with Crippen molar-refractivity contribution in [1.82, 2.24) is 10.2 Å². The van der Waals surface area contributed by atoms with E-state index in [1.807, 2.05) is 0 Å². The highest BCUT2D eigenvalue weighted by atomic mass is 16.5. The predicted molar refractivity (Wildman–Crippen MR) is 78.0 cm³/mol. The van der Waals surface area contributed by atoms with Gasteiger partial charge in [-0.1, -0.05) is 13.8 Å². The van der Waals surface area contributed by atoms with Gasteiger partial charge in [-0.05, 0) is 64.7 Å². The molecule has 18 heavy (non-hydrogen) atoms. The summed E-state index contributed by atoms with van der Waals surface area (Å²) in [6.45, 7) is 8.86. The van der Waals surface area contributed by atoms with Crippen LogP contribution in [0.3, 0.4) is 0 Å². The minimum Gasteiger partial charge on any atom is -0.377 e. The Labute approximate surface area is 113 Å². The molecule has 0 aromatic rings. The van der Waals surface area contributed by atoms with Crippen LogP contribution in [0.15, 0.2) is 0 Å². The predicted octanol–water partition coefficient (Wildman–Crippen LogP) is 2.51. The zero-order valence-electron chi connectivity index (χ0n) is 12.8. The normalized spacial score (nSPS) is 20.5. The molecule has 1 rings (SSSR count). The van der Waals surface area contributed by atoms with E-state index in [-0.39, 0.29) is 0 Å². The van der Waals surface area contributed by atoms with Gasteiger partial charge in [0.25, 0.3) is 0 Å². The van der Waals surface area contributed by atoms with E-state index in [0.717, 1.165) is 26.2 Å². The molecule has 0 aromatic carbocycles. The number of ether oxygens (including phenoxy) is 1. The van der Waals surface area contributed by atoms with Crippen molar-refractivity contribution in [3.8, 4) is 0 Å². The second-order valence-corrected chi connectivity index (χ2v) is 6.64. The van der Waals surface area contributed by atoms with Crippen molar-refractivity contribution in [3.63, 3.8) is 0 Å². The van der Waals surface area contributed by atoms with Crippen molar-refractivity contribution in [1.29, 1.82) is 0 Å². The van der Waals surface area contributed by atoms with Crippen molar-refractivity contribution in [3.05, 3.63) is 0 Å². The first-order valence-electron chi connectivity index (χ1n) is 7.47. The van der Waals surface area contributed by atoms with E-state index in [0.29, 0.717) is 11.5 Å². The average Bonchev–Trinajstić information content (AvgIpc) is 2.29. The van der Waals surface area contributed by atoms with Crippen molar-refractivity contribution in [2.45, 2.75) is 52.1 Å². The van der Waals surface area contributed by atoms with Crippen LogP contribution in [-0.2, 0) is 4.74 Å². The Morgan fingerprint density at radius 1 is 1.17 bits per heavy atom. The molecule has 0 atom stereocenters. The molecule has 0 radical (unpaired) electrons. The summed E-state index contributed by atoms with van der Waals surface area (Å²) in [6.07, 6.45) is 6.84. The number of nitrogens with one attached hydrogen (secondary N) is 1. The summed E-state index contributed by atoms with van der Waals surface area (Å²) in [6, 6.07) is 0. The van der Waals surface area contributed by atoms with Gasteiger partial charge in [-0.3, -0.25) is 0 Å². The zero-order chi connectivity index (χ0) is 13.4. The maximum absolute atomic E-state index is 5.93. The average molecular weight is 256 g/mol.